The maximum Gasteiger partial charge on any atom is 0.122 e. The first kappa shape index (κ1) is 12.2. The summed E-state index contributed by atoms with van der Waals surface area (Å²) in [6.45, 7) is 0.755. The van der Waals surface area contributed by atoms with Crippen molar-refractivity contribution in [1.29, 1.82) is 0 Å². The molecule has 1 aromatic heterocycles. The van der Waals surface area contributed by atoms with Crippen molar-refractivity contribution in [3.63, 3.8) is 0 Å². The van der Waals surface area contributed by atoms with Crippen LogP contribution in [0.15, 0.2) is 30.5 Å². The van der Waals surface area contributed by atoms with Crippen LogP contribution in [0.5, 0.6) is 5.75 Å². The molecular weight excluding hydrogens is 240 g/mol. The van der Waals surface area contributed by atoms with E-state index in [1.54, 1.807) is 0 Å². The van der Waals surface area contributed by atoms with Crippen LogP contribution in [0.2, 0.25) is 0 Å². The summed E-state index contributed by atoms with van der Waals surface area (Å²) in [6.07, 6.45) is 2.83. The number of para-hydroxylation sites is 1. The molecule has 0 saturated carbocycles. The van der Waals surface area contributed by atoms with Gasteiger partial charge in [-0.1, -0.05) is 23.4 Å². The van der Waals surface area contributed by atoms with E-state index in [9.17, 15) is 0 Å². The zero-order valence-electron chi connectivity index (χ0n) is 11.2. The van der Waals surface area contributed by atoms with Gasteiger partial charge in [-0.05, 0) is 25.1 Å². The van der Waals surface area contributed by atoms with Crippen molar-refractivity contribution in [3.8, 4) is 5.75 Å². The fourth-order valence-electron chi connectivity index (χ4n) is 2.85. The van der Waals surface area contributed by atoms with E-state index in [-0.39, 0.29) is 6.04 Å². The van der Waals surface area contributed by atoms with E-state index in [1.807, 2.05) is 37.1 Å². The van der Waals surface area contributed by atoms with Gasteiger partial charge in [-0.15, -0.1) is 5.10 Å². The Hall–Kier alpha value is -1.88. The molecule has 0 bridgehead atoms. The second-order valence-electron chi connectivity index (χ2n) is 4.83. The second kappa shape index (κ2) is 5.01. The Kier molecular flexibility index (Phi) is 3.21. The molecule has 1 aliphatic heterocycles. The summed E-state index contributed by atoms with van der Waals surface area (Å²) in [5.74, 6) is 1.38. The molecule has 1 aromatic carbocycles. The third-order valence-corrected chi connectivity index (χ3v) is 3.79. The molecule has 5 heteroatoms. The predicted octanol–water partition coefficient (Wildman–Crippen LogP) is 1.64. The molecule has 19 heavy (non-hydrogen) atoms. The number of hydrogen-bond acceptors (Lipinski definition) is 4. The standard InChI is InChI=1S/C14H18N4O/c1-15-14(12-9-16-17-18(12)2)11-7-8-19-13-6-4-3-5-10(11)13/h3-6,9,11,14-15H,7-8H2,1-2H3. The molecule has 100 valence electrons. The van der Waals surface area contributed by atoms with E-state index >= 15 is 0 Å². The van der Waals surface area contributed by atoms with Crippen LogP contribution in [0.1, 0.15) is 29.6 Å². The Morgan fingerprint density at radius 2 is 2.26 bits per heavy atom. The predicted molar refractivity (Wildman–Crippen MR) is 72.1 cm³/mol. The lowest BCUT2D eigenvalue weighted by atomic mass is 9.85. The molecule has 0 radical (unpaired) electrons. The third kappa shape index (κ3) is 2.10. The second-order valence-corrected chi connectivity index (χ2v) is 4.83. The number of likely N-dealkylation sites (N-methyl/N-ethyl adjacent to an activating group) is 1. The highest BCUT2D eigenvalue weighted by Gasteiger charge is 2.30. The van der Waals surface area contributed by atoms with Crippen LogP contribution in [-0.2, 0) is 7.05 Å². The van der Waals surface area contributed by atoms with Gasteiger partial charge in [0.25, 0.3) is 0 Å². The number of fused-ring (bicyclic) bond motifs is 1. The smallest absolute Gasteiger partial charge is 0.122 e. The number of benzene rings is 1. The van der Waals surface area contributed by atoms with Crippen molar-refractivity contribution in [2.24, 2.45) is 7.05 Å². The summed E-state index contributed by atoms with van der Waals surface area (Å²) in [7, 11) is 3.91. The molecule has 0 fully saturated rings. The normalized spacial score (nSPS) is 19.6. The van der Waals surface area contributed by atoms with Crippen molar-refractivity contribution in [2.75, 3.05) is 13.7 Å². The van der Waals surface area contributed by atoms with E-state index < -0.39 is 0 Å². The monoisotopic (exact) mass is 258 g/mol. The molecule has 3 rings (SSSR count). The van der Waals surface area contributed by atoms with Crippen LogP contribution in [-0.4, -0.2) is 28.6 Å². The summed E-state index contributed by atoms with van der Waals surface area (Å²) < 4.78 is 7.56. The van der Waals surface area contributed by atoms with Gasteiger partial charge in [0.2, 0.25) is 0 Å². The number of hydrogen-bond donors (Lipinski definition) is 1. The van der Waals surface area contributed by atoms with Crippen LogP contribution in [0.25, 0.3) is 0 Å². The minimum atomic E-state index is 0.199. The largest absolute Gasteiger partial charge is 0.493 e. The molecule has 0 saturated heterocycles. The highest BCUT2D eigenvalue weighted by molar-refractivity contribution is 5.39. The zero-order chi connectivity index (χ0) is 13.2. The number of ether oxygens (including phenoxy) is 1. The molecule has 1 aliphatic rings. The van der Waals surface area contributed by atoms with Gasteiger partial charge < -0.3 is 10.1 Å². The lowest BCUT2D eigenvalue weighted by Crippen LogP contribution is -2.29. The maximum absolute atomic E-state index is 5.73. The Morgan fingerprint density at radius 3 is 3.00 bits per heavy atom. The molecule has 2 unspecified atom stereocenters. The Balaban J connectivity index is 2.00. The van der Waals surface area contributed by atoms with Crippen LogP contribution < -0.4 is 10.1 Å². The summed E-state index contributed by atoms with van der Waals surface area (Å²) in [5, 5.41) is 11.4. The lowest BCUT2D eigenvalue weighted by molar-refractivity contribution is 0.246. The van der Waals surface area contributed by atoms with Gasteiger partial charge in [0, 0.05) is 13.0 Å². The number of aromatic nitrogens is 3. The minimum Gasteiger partial charge on any atom is -0.493 e. The molecule has 2 atom stereocenters. The molecule has 0 amide bonds. The Morgan fingerprint density at radius 1 is 1.42 bits per heavy atom. The SMILES string of the molecule is CNC(c1cnnn1C)C1CCOc2ccccc21. The van der Waals surface area contributed by atoms with Gasteiger partial charge in [0.15, 0.2) is 0 Å². The highest BCUT2D eigenvalue weighted by Crippen LogP contribution is 2.40. The summed E-state index contributed by atoms with van der Waals surface area (Å²) in [6, 6.07) is 8.46. The van der Waals surface area contributed by atoms with Crippen LogP contribution in [0.4, 0.5) is 0 Å². The van der Waals surface area contributed by atoms with Crippen molar-refractivity contribution < 1.29 is 4.74 Å². The van der Waals surface area contributed by atoms with E-state index in [1.165, 1.54) is 5.56 Å². The molecule has 1 N–H and O–H groups in total. The number of nitrogens with one attached hydrogen (secondary N) is 1. The summed E-state index contributed by atoms with van der Waals surface area (Å²) in [4.78, 5) is 0. The van der Waals surface area contributed by atoms with E-state index in [4.69, 9.17) is 4.74 Å². The first-order chi connectivity index (χ1) is 9.31. The van der Waals surface area contributed by atoms with Gasteiger partial charge in [-0.25, -0.2) is 0 Å². The van der Waals surface area contributed by atoms with Gasteiger partial charge in [-0.2, -0.15) is 0 Å². The Labute approximate surface area is 112 Å². The average molecular weight is 258 g/mol. The third-order valence-electron chi connectivity index (χ3n) is 3.79. The lowest BCUT2D eigenvalue weighted by Gasteiger charge is -2.32. The first-order valence-corrected chi connectivity index (χ1v) is 6.55. The van der Waals surface area contributed by atoms with Crippen LogP contribution >= 0.6 is 0 Å². The van der Waals surface area contributed by atoms with E-state index in [0.717, 1.165) is 24.5 Å². The van der Waals surface area contributed by atoms with Crippen LogP contribution in [0.3, 0.4) is 0 Å². The van der Waals surface area contributed by atoms with Crippen molar-refractivity contribution in [3.05, 3.63) is 41.7 Å². The molecule has 0 aliphatic carbocycles. The molecule has 5 nitrogen and oxygen atoms in total. The van der Waals surface area contributed by atoms with Gasteiger partial charge >= 0.3 is 0 Å². The Bertz CT molecular complexity index is 566. The number of rotatable bonds is 3. The fraction of sp³-hybridized carbons (Fsp3) is 0.429. The number of nitrogens with zero attached hydrogens (tertiary/aromatic N) is 3. The van der Waals surface area contributed by atoms with Gasteiger partial charge in [-0.3, -0.25) is 4.68 Å². The molecule has 2 aromatic rings. The molecule has 2 heterocycles. The summed E-state index contributed by atoms with van der Waals surface area (Å²) in [5.41, 5.74) is 2.36. The fourth-order valence-corrected chi connectivity index (χ4v) is 2.85. The highest BCUT2D eigenvalue weighted by atomic mass is 16.5. The summed E-state index contributed by atoms with van der Waals surface area (Å²) >= 11 is 0. The topological polar surface area (TPSA) is 52.0 Å². The first-order valence-electron chi connectivity index (χ1n) is 6.55. The zero-order valence-corrected chi connectivity index (χ0v) is 11.2. The number of aryl methyl sites for hydroxylation is 1. The van der Waals surface area contributed by atoms with E-state index in [2.05, 4.69) is 27.8 Å². The minimum absolute atomic E-state index is 0.199. The van der Waals surface area contributed by atoms with Crippen LogP contribution in [0, 0.1) is 0 Å². The van der Waals surface area contributed by atoms with Gasteiger partial charge in [0.1, 0.15) is 5.75 Å². The van der Waals surface area contributed by atoms with Crippen molar-refractivity contribution in [1.82, 2.24) is 20.3 Å². The van der Waals surface area contributed by atoms with Crippen molar-refractivity contribution in [2.45, 2.75) is 18.4 Å². The molecular formula is C14H18N4O. The van der Waals surface area contributed by atoms with Gasteiger partial charge in [0.05, 0.1) is 24.5 Å². The average Bonchev–Trinajstić information content (AvgIpc) is 2.86. The molecule has 0 spiro atoms. The van der Waals surface area contributed by atoms with E-state index in [0.29, 0.717) is 5.92 Å². The quantitative estimate of drug-likeness (QED) is 0.909. The maximum atomic E-state index is 5.73. The van der Waals surface area contributed by atoms with Crippen molar-refractivity contribution >= 4 is 0 Å².